The van der Waals surface area contributed by atoms with Gasteiger partial charge in [-0.25, -0.2) is 4.79 Å². The number of carbonyl (C=O) groups excluding carboxylic acids is 1. The second-order valence-electron chi connectivity index (χ2n) is 5.45. The quantitative estimate of drug-likeness (QED) is 0.868. The maximum Gasteiger partial charge on any atom is 0.352 e. The van der Waals surface area contributed by atoms with Crippen LogP contribution < -0.4 is 5.32 Å². The molecule has 2 atom stereocenters. The maximum atomic E-state index is 12.1. The zero-order valence-electron chi connectivity index (χ0n) is 11.8. The van der Waals surface area contributed by atoms with Crippen molar-refractivity contribution in [2.45, 2.75) is 51.6 Å². The van der Waals surface area contributed by atoms with Crippen LogP contribution in [0.4, 0.5) is 0 Å². The summed E-state index contributed by atoms with van der Waals surface area (Å²) >= 11 is 0. The minimum Gasteiger partial charge on any atom is -0.477 e. The Bertz CT molecular complexity index is 481. The molecule has 5 heteroatoms. The minimum atomic E-state index is -1.01. The smallest absolute Gasteiger partial charge is 0.352 e. The number of amides is 1. The first-order valence-electron chi connectivity index (χ1n) is 7.29. The van der Waals surface area contributed by atoms with Gasteiger partial charge in [0.1, 0.15) is 12.2 Å². The molecule has 0 aromatic carbocycles. The lowest BCUT2D eigenvalue weighted by atomic mass is 9.83. The van der Waals surface area contributed by atoms with Crippen LogP contribution in [0.5, 0.6) is 0 Å². The summed E-state index contributed by atoms with van der Waals surface area (Å²) in [5.41, 5.74) is 0.149. The molecule has 2 N–H and O–H groups in total. The molecule has 1 aromatic rings. The molecule has 0 saturated heterocycles. The molecular formula is C15H22N2O3. The number of nitrogens with one attached hydrogen (secondary N) is 1. The highest BCUT2D eigenvalue weighted by atomic mass is 16.4. The van der Waals surface area contributed by atoms with Crippen LogP contribution in [0.25, 0.3) is 0 Å². The molecule has 0 bridgehead atoms. The lowest BCUT2D eigenvalue weighted by molar-refractivity contribution is -0.123. The highest BCUT2D eigenvalue weighted by Crippen LogP contribution is 2.26. The van der Waals surface area contributed by atoms with Crippen molar-refractivity contribution in [3.05, 3.63) is 24.0 Å². The van der Waals surface area contributed by atoms with Crippen molar-refractivity contribution in [2.24, 2.45) is 5.92 Å². The summed E-state index contributed by atoms with van der Waals surface area (Å²) in [6.07, 6.45) is 7.31. The van der Waals surface area contributed by atoms with Crippen molar-refractivity contribution in [3.63, 3.8) is 0 Å². The van der Waals surface area contributed by atoms with Gasteiger partial charge >= 0.3 is 5.97 Å². The number of aromatic carboxylic acids is 1. The zero-order chi connectivity index (χ0) is 14.5. The molecule has 1 aromatic heterocycles. The minimum absolute atomic E-state index is 0.0710. The van der Waals surface area contributed by atoms with Gasteiger partial charge in [0.25, 0.3) is 0 Å². The summed E-state index contributed by atoms with van der Waals surface area (Å²) < 4.78 is 1.47. The second kappa shape index (κ2) is 6.59. The van der Waals surface area contributed by atoms with Crippen LogP contribution in [0, 0.1) is 5.92 Å². The van der Waals surface area contributed by atoms with Crippen LogP contribution in [0.2, 0.25) is 0 Å². The lowest BCUT2D eigenvalue weighted by Gasteiger charge is -2.31. The Morgan fingerprint density at radius 1 is 1.40 bits per heavy atom. The van der Waals surface area contributed by atoms with Crippen molar-refractivity contribution in [3.8, 4) is 0 Å². The molecule has 0 spiro atoms. The Morgan fingerprint density at radius 3 is 2.85 bits per heavy atom. The Morgan fingerprint density at radius 2 is 2.15 bits per heavy atom. The molecule has 1 aliphatic carbocycles. The first-order valence-corrected chi connectivity index (χ1v) is 7.29. The van der Waals surface area contributed by atoms with Gasteiger partial charge in [0.05, 0.1) is 0 Å². The predicted molar refractivity (Wildman–Crippen MR) is 75.6 cm³/mol. The van der Waals surface area contributed by atoms with E-state index in [-0.39, 0.29) is 24.2 Å². The van der Waals surface area contributed by atoms with Crippen molar-refractivity contribution < 1.29 is 14.7 Å². The van der Waals surface area contributed by atoms with E-state index in [2.05, 4.69) is 12.2 Å². The highest BCUT2D eigenvalue weighted by Gasteiger charge is 2.25. The van der Waals surface area contributed by atoms with Gasteiger partial charge in [-0.3, -0.25) is 4.79 Å². The van der Waals surface area contributed by atoms with Gasteiger partial charge in [-0.05, 0) is 30.9 Å². The molecule has 0 aliphatic heterocycles. The number of carboxylic acids is 1. The predicted octanol–water partition coefficient (Wildman–Crippen LogP) is 2.27. The van der Waals surface area contributed by atoms with E-state index in [1.54, 1.807) is 12.3 Å². The summed E-state index contributed by atoms with van der Waals surface area (Å²) in [6, 6.07) is 3.39. The first-order chi connectivity index (χ1) is 9.61. The molecule has 0 radical (unpaired) electrons. The van der Waals surface area contributed by atoms with Gasteiger partial charge < -0.3 is 15.0 Å². The number of carbonyl (C=O) groups is 2. The number of rotatable bonds is 5. The zero-order valence-corrected chi connectivity index (χ0v) is 11.8. The monoisotopic (exact) mass is 278 g/mol. The van der Waals surface area contributed by atoms with Crippen molar-refractivity contribution in [1.82, 2.24) is 9.88 Å². The van der Waals surface area contributed by atoms with E-state index >= 15 is 0 Å². The number of hydrogen-bond acceptors (Lipinski definition) is 2. The van der Waals surface area contributed by atoms with Crippen LogP contribution in [-0.4, -0.2) is 27.6 Å². The number of aromatic nitrogens is 1. The van der Waals surface area contributed by atoms with Gasteiger partial charge in [0.2, 0.25) is 5.91 Å². The Balaban J connectivity index is 1.94. The molecule has 2 rings (SSSR count). The van der Waals surface area contributed by atoms with Gasteiger partial charge in [-0.1, -0.05) is 26.2 Å². The largest absolute Gasteiger partial charge is 0.477 e. The first kappa shape index (κ1) is 14.6. The topological polar surface area (TPSA) is 71.3 Å². The summed E-state index contributed by atoms with van der Waals surface area (Å²) in [4.78, 5) is 23.1. The van der Waals surface area contributed by atoms with E-state index in [1.807, 2.05) is 0 Å². The molecule has 20 heavy (non-hydrogen) atoms. The molecule has 5 nitrogen and oxygen atoms in total. The van der Waals surface area contributed by atoms with Gasteiger partial charge in [0, 0.05) is 12.2 Å². The van der Waals surface area contributed by atoms with E-state index in [9.17, 15) is 9.59 Å². The molecule has 1 saturated carbocycles. The van der Waals surface area contributed by atoms with Crippen molar-refractivity contribution in [2.75, 3.05) is 0 Å². The molecule has 1 heterocycles. The molecule has 1 fully saturated rings. The molecular weight excluding hydrogens is 256 g/mol. The average molecular weight is 278 g/mol. The lowest BCUT2D eigenvalue weighted by Crippen LogP contribution is -2.43. The third-order valence-corrected chi connectivity index (χ3v) is 4.14. The number of carboxylic acid groups (broad SMARTS) is 1. The van der Waals surface area contributed by atoms with E-state index in [4.69, 9.17) is 5.11 Å². The van der Waals surface area contributed by atoms with E-state index in [0.717, 1.165) is 19.3 Å². The van der Waals surface area contributed by atoms with Crippen LogP contribution in [0.15, 0.2) is 18.3 Å². The Kier molecular flexibility index (Phi) is 4.82. The normalized spacial score (nSPS) is 22.4. The van der Waals surface area contributed by atoms with Crippen LogP contribution in [0.3, 0.4) is 0 Å². The van der Waals surface area contributed by atoms with Crippen LogP contribution in [-0.2, 0) is 11.3 Å². The molecule has 2 unspecified atom stereocenters. The summed E-state index contributed by atoms with van der Waals surface area (Å²) in [5, 5.41) is 12.1. The van der Waals surface area contributed by atoms with Gasteiger partial charge in [-0.15, -0.1) is 0 Å². The van der Waals surface area contributed by atoms with Gasteiger partial charge in [0.15, 0.2) is 0 Å². The maximum absolute atomic E-state index is 12.1. The van der Waals surface area contributed by atoms with E-state index < -0.39 is 5.97 Å². The van der Waals surface area contributed by atoms with E-state index in [0.29, 0.717) is 5.92 Å². The third-order valence-electron chi connectivity index (χ3n) is 4.14. The summed E-state index contributed by atoms with van der Waals surface area (Å²) in [5.74, 6) is -0.558. The van der Waals surface area contributed by atoms with Crippen LogP contribution in [0.1, 0.15) is 49.5 Å². The second-order valence-corrected chi connectivity index (χ2v) is 5.45. The molecule has 1 aliphatic rings. The standard InChI is InChI=1S/C15H22N2O3/c1-2-11-6-3-4-7-12(11)16-14(18)10-17-9-5-8-13(17)15(19)20/h5,8-9,11-12H,2-4,6-7,10H2,1H3,(H,16,18)(H,19,20). The van der Waals surface area contributed by atoms with E-state index in [1.165, 1.54) is 23.5 Å². The molecule has 1 amide bonds. The third kappa shape index (κ3) is 3.40. The molecule has 110 valence electrons. The fourth-order valence-corrected chi connectivity index (χ4v) is 3.04. The Hall–Kier alpha value is -1.78. The van der Waals surface area contributed by atoms with Crippen molar-refractivity contribution in [1.29, 1.82) is 0 Å². The fraction of sp³-hybridized carbons (Fsp3) is 0.600. The number of nitrogens with zero attached hydrogens (tertiary/aromatic N) is 1. The van der Waals surface area contributed by atoms with Crippen LogP contribution >= 0.6 is 0 Å². The fourth-order valence-electron chi connectivity index (χ4n) is 3.04. The summed E-state index contributed by atoms with van der Waals surface area (Å²) in [7, 11) is 0. The SMILES string of the molecule is CCC1CCCCC1NC(=O)Cn1cccc1C(=O)O. The average Bonchev–Trinajstić information content (AvgIpc) is 2.87. The van der Waals surface area contributed by atoms with Crippen molar-refractivity contribution >= 4 is 11.9 Å². The Labute approximate surface area is 119 Å². The summed E-state index contributed by atoms with van der Waals surface area (Å²) in [6.45, 7) is 2.23. The van der Waals surface area contributed by atoms with Gasteiger partial charge in [-0.2, -0.15) is 0 Å². The number of hydrogen-bond donors (Lipinski definition) is 2. The highest BCUT2D eigenvalue weighted by molar-refractivity contribution is 5.86.